The molecule has 3 rings (SSSR count). The summed E-state index contributed by atoms with van der Waals surface area (Å²) in [4.78, 5) is 15.0. The Morgan fingerprint density at radius 3 is 2.50 bits per heavy atom. The van der Waals surface area contributed by atoms with Gasteiger partial charge in [-0.2, -0.15) is 0 Å². The van der Waals surface area contributed by atoms with E-state index in [-0.39, 0.29) is 6.04 Å². The number of hydrogen-bond donors (Lipinski definition) is 1. The van der Waals surface area contributed by atoms with E-state index < -0.39 is 0 Å². The highest BCUT2D eigenvalue weighted by Gasteiger charge is 2.34. The summed E-state index contributed by atoms with van der Waals surface area (Å²) in [7, 11) is 0. The Labute approximate surface area is 121 Å². The van der Waals surface area contributed by atoms with E-state index in [9.17, 15) is 4.79 Å². The molecule has 3 atom stereocenters. The lowest BCUT2D eigenvalue weighted by Gasteiger charge is -2.41. The zero-order valence-corrected chi connectivity index (χ0v) is 12.4. The average Bonchev–Trinajstić information content (AvgIpc) is 2.46. The van der Waals surface area contributed by atoms with Gasteiger partial charge in [-0.3, -0.25) is 4.79 Å². The number of nitrogens with zero attached hydrogens (tertiary/aromatic N) is 1. The second-order valence-corrected chi connectivity index (χ2v) is 6.28. The molecular weight excluding hydrogens is 248 g/mol. The Kier molecular flexibility index (Phi) is 3.79. The normalized spacial score (nSPS) is 29.9. The number of carbonyl (C=O) groups is 1. The van der Waals surface area contributed by atoms with E-state index in [1.807, 2.05) is 0 Å². The van der Waals surface area contributed by atoms with Gasteiger partial charge < -0.3 is 10.2 Å². The van der Waals surface area contributed by atoms with Crippen LogP contribution >= 0.6 is 0 Å². The first-order chi connectivity index (χ1) is 9.66. The van der Waals surface area contributed by atoms with Crippen molar-refractivity contribution in [3.63, 3.8) is 0 Å². The fourth-order valence-electron chi connectivity index (χ4n) is 3.66. The molecule has 1 N–H and O–H groups in total. The Hall–Kier alpha value is -1.35. The van der Waals surface area contributed by atoms with Gasteiger partial charge in [0.15, 0.2) is 0 Å². The molecule has 2 heterocycles. The molecule has 1 aromatic carbocycles. The number of amides is 1. The van der Waals surface area contributed by atoms with E-state index in [0.717, 1.165) is 25.8 Å². The summed E-state index contributed by atoms with van der Waals surface area (Å²) < 4.78 is 0. The van der Waals surface area contributed by atoms with Crippen LogP contribution in [0.4, 0.5) is 0 Å². The lowest BCUT2D eigenvalue weighted by molar-refractivity contribution is -0.139. The lowest BCUT2D eigenvalue weighted by atomic mass is 9.92. The van der Waals surface area contributed by atoms with Crippen molar-refractivity contribution in [2.45, 2.75) is 64.2 Å². The van der Waals surface area contributed by atoms with E-state index >= 15 is 0 Å². The first kappa shape index (κ1) is 13.6. The number of fused-ring (bicyclic) bond motifs is 1. The quantitative estimate of drug-likeness (QED) is 0.852. The fourth-order valence-corrected chi connectivity index (χ4v) is 3.66. The fraction of sp³-hybridized carbons (Fsp3) is 0.588. The third-order valence-corrected chi connectivity index (χ3v) is 4.83. The Bertz CT molecular complexity index is 490. The second-order valence-electron chi connectivity index (χ2n) is 6.28. The SMILES string of the molecule is C[C@@H]1CCC[C@H](C)N1C(=O)[C@H]1Cc2ccccc2CN1. The molecule has 0 saturated carbocycles. The zero-order valence-electron chi connectivity index (χ0n) is 12.4. The van der Waals surface area contributed by atoms with Crippen LogP contribution in [0.5, 0.6) is 0 Å². The van der Waals surface area contributed by atoms with Gasteiger partial charge in [-0.1, -0.05) is 24.3 Å². The number of rotatable bonds is 1. The number of nitrogens with one attached hydrogen (secondary N) is 1. The summed E-state index contributed by atoms with van der Waals surface area (Å²) in [6, 6.07) is 9.15. The van der Waals surface area contributed by atoms with E-state index in [1.54, 1.807) is 0 Å². The van der Waals surface area contributed by atoms with Gasteiger partial charge in [-0.05, 0) is 50.7 Å². The van der Waals surface area contributed by atoms with Crippen LogP contribution in [0, 0.1) is 0 Å². The summed E-state index contributed by atoms with van der Waals surface area (Å²) in [6.07, 6.45) is 4.34. The molecule has 0 aliphatic carbocycles. The van der Waals surface area contributed by atoms with Crippen molar-refractivity contribution in [3.8, 4) is 0 Å². The lowest BCUT2D eigenvalue weighted by Crippen LogP contribution is -2.56. The summed E-state index contributed by atoms with van der Waals surface area (Å²) in [5.74, 6) is 0.291. The Morgan fingerprint density at radius 2 is 1.80 bits per heavy atom. The number of benzene rings is 1. The smallest absolute Gasteiger partial charge is 0.240 e. The first-order valence-corrected chi connectivity index (χ1v) is 7.79. The minimum absolute atomic E-state index is 0.0482. The molecule has 1 fully saturated rings. The van der Waals surface area contributed by atoms with Crippen molar-refractivity contribution in [1.82, 2.24) is 10.2 Å². The molecule has 0 bridgehead atoms. The Balaban J connectivity index is 1.75. The molecule has 2 aliphatic heterocycles. The molecule has 3 heteroatoms. The predicted octanol–water partition coefficient (Wildman–Crippen LogP) is 2.49. The van der Waals surface area contributed by atoms with E-state index in [1.165, 1.54) is 17.5 Å². The highest BCUT2D eigenvalue weighted by atomic mass is 16.2. The van der Waals surface area contributed by atoms with Crippen LogP contribution in [0.25, 0.3) is 0 Å². The molecule has 3 nitrogen and oxygen atoms in total. The monoisotopic (exact) mass is 272 g/mol. The minimum atomic E-state index is -0.0482. The van der Waals surface area contributed by atoms with Crippen LogP contribution < -0.4 is 5.32 Å². The molecule has 1 saturated heterocycles. The summed E-state index contributed by atoms with van der Waals surface area (Å²) in [5.41, 5.74) is 2.65. The molecule has 0 spiro atoms. The third kappa shape index (κ3) is 2.47. The van der Waals surface area contributed by atoms with Crippen molar-refractivity contribution in [1.29, 1.82) is 0 Å². The molecule has 1 amide bonds. The van der Waals surface area contributed by atoms with Crippen LogP contribution in [-0.4, -0.2) is 28.9 Å². The molecule has 0 radical (unpaired) electrons. The van der Waals surface area contributed by atoms with Crippen LogP contribution in [0.3, 0.4) is 0 Å². The second kappa shape index (κ2) is 5.57. The van der Waals surface area contributed by atoms with Gasteiger partial charge >= 0.3 is 0 Å². The maximum Gasteiger partial charge on any atom is 0.240 e. The van der Waals surface area contributed by atoms with E-state index in [2.05, 4.69) is 48.3 Å². The summed E-state index contributed by atoms with van der Waals surface area (Å²) in [6.45, 7) is 5.18. The van der Waals surface area contributed by atoms with E-state index in [0.29, 0.717) is 18.0 Å². The van der Waals surface area contributed by atoms with Crippen LogP contribution in [0.2, 0.25) is 0 Å². The summed E-state index contributed by atoms with van der Waals surface area (Å²) in [5, 5.41) is 3.42. The topological polar surface area (TPSA) is 32.3 Å². The summed E-state index contributed by atoms with van der Waals surface area (Å²) >= 11 is 0. The average molecular weight is 272 g/mol. The molecule has 2 aliphatic rings. The predicted molar refractivity (Wildman–Crippen MR) is 80.4 cm³/mol. The van der Waals surface area contributed by atoms with Crippen LogP contribution in [0.15, 0.2) is 24.3 Å². The molecular formula is C17H24N2O. The number of hydrogen-bond acceptors (Lipinski definition) is 2. The molecule has 0 unspecified atom stereocenters. The van der Waals surface area contributed by atoms with Crippen molar-refractivity contribution in [2.24, 2.45) is 0 Å². The maximum atomic E-state index is 12.8. The first-order valence-electron chi connectivity index (χ1n) is 7.79. The molecule has 20 heavy (non-hydrogen) atoms. The van der Waals surface area contributed by atoms with E-state index in [4.69, 9.17) is 0 Å². The van der Waals surface area contributed by atoms with Crippen molar-refractivity contribution in [2.75, 3.05) is 0 Å². The number of piperidine rings is 1. The van der Waals surface area contributed by atoms with Crippen molar-refractivity contribution >= 4 is 5.91 Å². The van der Waals surface area contributed by atoms with Gasteiger partial charge in [-0.15, -0.1) is 0 Å². The highest BCUT2D eigenvalue weighted by Crippen LogP contribution is 2.25. The van der Waals surface area contributed by atoms with Crippen LogP contribution in [0.1, 0.15) is 44.2 Å². The molecule has 1 aromatic rings. The Morgan fingerprint density at radius 1 is 1.15 bits per heavy atom. The molecule has 0 aromatic heterocycles. The standard InChI is InChI=1S/C17H24N2O/c1-12-6-5-7-13(2)19(12)17(20)16-10-14-8-3-4-9-15(14)11-18-16/h3-4,8-9,12-13,16,18H,5-7,10-11H2,1-2H3/t12-,13+,16-/m1/s1. The van der Waals surface area contributed by atoms with Gasteiger partial charge in [0.25, 0.3) is 0 Å². The van der Waals surface area contributed by atoms with Gasteiger partial charge in [0, 0.05) is 18.6 Å². The third-order valence-electron chi connectivity index (χ3n) is 4.83. The largest absolute Gasteiger partial charge is 0.336 e. The number of likely N-dealkylation sites (tertiary alicyclic amines) is 1. The highest BCUT2D eigenvalue weighted by molar-refractivity contribution is 5.83. The van der Waals surface area contributed by atoms with Crippen molar-refractivity contribution < 1.29 is 4.79 Å². The minimum Gasteiger partial charge on any atom is -0.336 e. The number of carbonyl (C=O) groups excluding carboxylic acids is 1. The van der Waals surface area contributed by atoms with Gasteiger partial charge in [-0.25, -0.2) is 0 Å². The van der Waals surface area contributed by atoms with Crippen molar-refractivity contribution in [3.05, 3.63) is 35.4 Å². The molecule has 108 valence electrons. The van der Waals surface area contributed by atoms with Gasteiger partial charge in [0.1, 0.15) is 0 Å². The maximum absolute atomic E-state index is 12.8. The zero-order chi connectivity index (χ0) is 14.1. The van der Waals surface area contributed by atoms with Gasteiger partial charge in [0.05, 0.1) is 6.04 Å². The van der Waals surface area contributed by atoms with Gasteiger partial charge in [0.2, 0.25) is 5.91 Å². The van der Waals surface area contributed by atoms with Crippen LogP contribution in [-0.2, 0) is 17.8 Å².